The van der Waals surface area contributed by atoms with E-state index in [1.165, 1.54) is 5.32 Å². The Hall–Kier alpha value is -1.84. The third-order valence-corrected chi connectivity index (χ3v) is 2.89. The van der Waals surface area contributed by atoms with Crippen LogP contribution in [0.5, 0.6) is 0 Å². The van der Waals surface area contributed by atoms with Crippen molar-refractivity contribution in [2.24, 2.45) is 5.92 Å². The summed E-state index contributed by atoms with van der Waals surface area (Å²) in [5.74, 6) is -4.46. The molecule has 22 heavy (non-hydrogen) atoms. The maximum Gasteiger partial charge on any atom is 0.471 e. The Balaban J connectivity index is 0.000000980. The molecule has 10 heteroatoms. The van der Waals surface area contributed by atoms with Gasteiger partial charge >= 0.3 is 18.1 Å². The molecule has 1 fully saturated rings. The predicted octanol–water partition coefficient (Wildman–Crippen LogP) is 0.599. The van der Waals surface area contributed by atoms with Gasteiger partial charge < -0.3 is 20.8 Å². The highest BCUT2D eigenvalue weighted by Gasteiger charge is 2.41. The fourth-order valence-corrected chi connectivity index (χ4v) is 1.91. The van der Waals surface area contributed by atoms with E-state index >= 15 is 0 Å². The average molecular weight is 328 g/mol. The Morgan fingerprint density at radius 3 is 2.05 bits per heavy atom. The Morgan fingerprint density at radius 1 is 1.23 bits per heavy atom. The molecule has 0 spiro atoms. The summed E-state index contributed by atoms with van der Waals surface area (Å²) in [5, 5.41) is 20.8. The maximum atomic E-state index is 12.0. The van der Waals surface area contributed by atoms with Crippen LogP contribution < -0.4 is 10.6 Å². The van der Waals surface area contributed by atoms with Gasteiger partial charge in [-0.25, -0.2) is 4.79 Å². The van der Waals surface area contributed by atoms with Crippen LogP contribution in [-0.4, -0.2) is 53.4 Å². The van der Waals surface area contributed by atoms with Gasteiger partial charge in [-0.1, -0.05) is 0 Å². The summed E-state index contributed by atoms with van der Waals surface area (Å²) in [7, 11) is 0. The van der Waals surface area contributed by atoms with Crippen LogP contribution in [0, 0.1) is 5.92 Å². The number of nitrogens with one attached hydrogen (secondary N) is 2. The lowest BCUT2D eigenvalue weighted by Gasteiger charge is -2.25. The van der Waals surface area contributed by atoms with Crippen LogP contribution >= 0.6 is 0 Å². The molecule has 1 rings (SSSR count). The number of halogens is 3. The van der Waals surface area contributed by atoms with Crippen LogP contribution in [-0.2, 0) is 14.4 Å². The van der Waals surface area contributed by atoms with Gasteiger partial charge in [0, 0.05) is 6.92 Å². The van der Waals surface area contributed by atoms with Crippen molar-refractivity contribution in [3.63, 3.8) is 0 Å². The van der Waals surface area contributed by atoms with E-state index in [0.29, 0.717) is 25.9 Å². The van der Waals surface area contributed by atoms with E-state index < -0.39 is 30.1 Å². The van der Waals surface area contributed by atoms with E-state index in [0.717, 1.165) is 6.92 Å². The third-order valence-electron chi connectivity index (χ3n) is 2.89. The maximum absolute atomic E-state index is 12.0. The van der Waals surface area contributed by atoms with Gasteiger partial charge in [0.2, 0.25) is 0 Å². The predicted molar refractivity (Wildman–Crippen MR) is 69.1 cm³/mol. The number of carboxylic acid groups (broad SMARTS) is 2. The molecule has 1 amide bonds. The highest BCUT2D eigenvalue weighted by Crippen LogP contribution is 2.20. The first kappa shape index (κ1) is 20.2. The molecule has 128 valence electrons. The van der Waals surface area contributed by atoms with E-state index in [4.69, 9.17) is 15.0 Å². The lowest BCUT2D eigenvalue weighted by atomic mass is 9.91. The first-order valence-electron chi connectivity index (χ1n) is 6.54. The number of amides is 1. The van der Waals surface area contributed by atoms with E-state index in [-0.39, 0.29) is 12.3 Å². The molecule has 0 aliphatic carbocycles. The number of hydrogen-bond donors (Lipinski definition) is 4. The number of aliphatic carboxylic acids is 2. The molecular weight excluding hydrogens is 309 g/mol. The Labute approximate surface area is 124 Å². The van der Waals surface area contributed by atoms with Crippen molar-refractivity contribution in [1.29, 1.82) is 0 Å². The van der Waals surface area contributed by atoms with Crippen molar-refractivity contribution in [1.82, 2.24) is 10.6 Å². The lowest BCUT2D eigenvalue weighted by Crippen LogP contribution is -2.48. The number of carbonyl (C=O) groups excluding carboxylic acids is 1. The van der Waals surface area contributed by atoms with Gasteiger partial charge in [-0.15, -0.1) is 0 Å². The summed E-state index contributed by atoms with van der Waals surface area (Å²) in [6, 6.07) is -1.48. The average Bonchev–Trinajstić information content (AvgIpc) is 2.37. The van der Waals surface area contributed by atoms with Crippen LogP contribution in [0.1, 0.15) is 26.2 Å². The van der Waals surface area contributed by atoms with Gasteiger partial charge in [0.1, 0.15) is 6.04 Å². The first-order chi connectivity index (χ1) is 10.0. The number of carbonyl (C=O) groups is 3. The van der Waals surface area contributed by atoms with Crippen molar-refractivity contribution >= 4 is 17.8 Å². The van der Waals surface area contributed by atoms with Crippen LogP contribution in [0.25, 0.3) is 0 Å². The first-order valence-corrected chi connectivity index (χ1v) is 6.54. The molecule has 4 N–H and O–H groups in total. The lowest BCUT2D eigenvalue weighted by molar-refractivity contribution is -0.175. The van der Waals surface area contributed by atoms with Crippen molar-refractivity contribution < 1.29 is 37.8 Å². The van der Waals surface area contributed by atoms with Gasteiger partial charge in [-0.05, 0) is 38.3 Å². The van der Waals surface area contributed by atoms with E-state index in [9.17, 15) is 22.8 Å². The van der Waals surface area contributed by atoms with Crippen molar-refractivity contribution in [3.05, 3.63) is 0 Å². The SMILES string of the molecule is CC(=O)O.O=C(O)C(CC1CCNCC1)NC(=O)C(F)(F)F. The van der Waals surface area contributed by atoms with Gasteiger partial charge in [0.25, 0.3) is 5.97 Å². The molecule has 0 aromatic heterocycles. The van der Waals surface area contributed by atoms with Crippen LogP contribution in [0.15, 0.2) is 0 Å². The van der Waals surface area contributed by atoms with E-state index in [1.54, 1.807) is 0 Å². The monoisotopic (exact) mass is 328 g/mol. The normalized spacial score (nSPS) is 16.9. The molecule has 1 aliphatic rings. The second-order valence-corrected chi connectivity index (χ2v) is 4.81. The number of rotatable bonds is 4. The summed E-state index contributed by atoms with van der Waals surface area (Å²) in [4.78, 5) is 30.5. The molecule has 1 heterocycles. The Bertz CT molecular complexity index is 391. The minimum Gasteiger partial charge on any atom is -0.481 e. The summed E-state index contributed by atoms with van der Waals surface area (Å²) >= 11 is 0. The third kappa shape index (κ3) is 9.16. The standard InChI is InChI=1S/C10H15F3N2O3.C2H4O2/c11-10(12,13)9(18)15-7(8(16)17)5-6-1-3-14-4-2-6;1-2(3)4/h6-7,14H,1-5H2,(H,15,18)(H,16,17);1H3,(H,3,4). The number of hydrogen-bond acceptors (Lipinski definition) is 4. The highest BCUT2D eigenvalue weighted by molar-refractivity contribution is 5.86. The zero-order chi connectivity index (χ0) is 17.3. The summed E-state index contributed by atoms with van der Waals surface area (Å²) in [6.07, 6.45) is -3.63. The second-order valence-electron chi connectivity index (χ2n) is 4.81. The number of alkyl halides is 3. The summed E-state index contributed by atoms with van der Waals surface area (Å²) in [6.45, 7) is 2.51. The summed E-state index contributed by atoms with van der Waals surface area (Å²) in [5.41, 5.74) is 0. The molecule has 1 saturated heterocycles. The molecule has 1 aliphatic heterocycles. The molecule has 7 nitrogen and oxygen atoms in total. The van der Waals surface area contributed by atoms with Crippen molar-refractivity contribution in [2.75, 3.05) is 13.1 Å². The molecular formula is C12H19F3N2O5. The zero-order valence-corrected chi connectivity index (χ0v) is 11.9. The molecule has 1 unspecified atom stereocenters. The van der Waals surface area contributed by atoms with Gasteiger partial charge in [0.05, 0.1) is 0 Å². The second kappa shape index (κ2) is 9.23. The molecule has 0 aromatic rings. The van der Waals surface area contributed by atoms with E-state index in [1.807, 2.05) is 0 Å². The van der Waals surface area contributed by atoms with Crippen molar-refractivity contribution in [2.45, 2.75) is 38.4 Å². The highest BCUT2D eigenvalue weighted by atomic mass is 19.4. The fourth-order valence-electron chi connectivity index (χ4n) is 1.91. The minimum absolute atomic E-state index is 0.0147. The fraction of sp³-hybridized carbons (Fsp3) is 0.750. The molecule has 0 radical (unpaired) electrons. The topological polar surface area (TPSA) is 116 Å². The molecule has 0 aromatic carbocycles. The molecule has 1 atom stereocenters. The number of carboxylic acids is 2. The molecule has 0 bridgehead atoms. The van der Waals surface area contributed by atoms with Gasteiger partial charge in [0.15, 0.2) is 0 Å². The zero-order valence-electron chi connectivity index (χ0n) is 11.9. The largest absolute Gasteiger partial charge is 0.481 e. The van der Waals surface area contributed by atoms with Crippen LogP contribution in [0.3, 0.4) is 0 Å². The Kier molecular flexibility index (Phi) is 8.46. The quantitative estimate of drug-likeness (QED) is 0.600. The van der Waals surface area contributed by atoms with E-state index in [2.05, 4.69) is 5.32 Å². The Morgan fingerprint density at radius 2 is 1.68 bits per heavy atom. The minimum atomic E-state index is -5.05. The van der Waals surface area contributed by atoms with Gasteiger partial charge in [-0.3, -0.25) is 9.59 Å². The van der Waals surface area contributed by atoms with Gasteiger partial charge in [-0.2, -0.15) is 13.2 Å². The summed E-state index contributed by atoms with van der Waals surface area (Å²) < 4.78 is 36.1. The van der Waals surface area contributed by atoms with Crippen LogP contribution in [0.4, 0.5) is 13.2 Å². The van der Waals surface area contributed by atoms with Crippen molar-refractivity contribution in [3.8, 4) is 0 Å². The van der Waals surface area contributed by atoms with Crippen LogP contribution in [0.2, 0.25) is 0 Å². The number of piperidine rings is 1. The smallest absolute Gasteiger partial charge is 0.471 e. The molecule has 0 saturated carbocycles.